The number of hydrogen-bond acceptors (Lipinski definition) is 5. The first kappa shape index (κ1) is 18.0. The summed E-state index contributed by atoms with van der Waals surface area (Å²) in [7, 11) is 0. The van der Waals surface area contributed by atoms with Crippen molar-refractivity contribution < 1.29 is 24.5 Å². The van der Waals surface area contributed by atoms with Crippen molar-refractivity contribution in [1.82, 2.24) is 5.32 Å². The predicted molar refractivity (Wildman–Crippen MR) is 79.1 cm³/mol. The third-order valence-electron chi connectivity index (χ3n) is 3.76. The van der Waals surface area contributed by atoms with Crippen molar-refractivity contribution in [2.24, 2.45) is 17.6 Å². The highest BCUT2D eigenvalue weighted by atomic mass is 16.5. The van der Waals surface area contributed by atoms with Crippen LogP contribution in [0.2, 0.25) is 0 Å². The number of amidine groups is 1. The second kappa shape index (κ2) is 7.26. The largest absolute Gasteiger partial charge is 0.481 e. The Morgan fingerprint density at radius 2 is 2.09 bits per heavy atom. The molecule has 6 N–H and O–H groups in total. The average molecular weight is 313 g/mol. The summed E-state index contributed by atoms with van der Waals surface area (Å²) in [6.07, 6.45) is -0.0410. The van der Waals surface area contributed by atoms with Crippen LogP contribution >= 0.6 is 0 Å². The monoisotopic (exact) mass is 313 g/mol. The van der Waals surface area contributed by atoms with E-state index >= 15 is 0 Å². The maximum absolute atomic E-state index is 11.4. The molecule has 0 aromatic rings. The van der Waals surface area contributed by atoms with Gasteiger partial charge in [0.2, 0.25) is 11.7 Å². The standard InChI is InChI=1S/C14H23N3O5/c1-6(7(2)18)13-12(17-8(3)19)9(5-11(15)16)4-10(22-13)14(20)21/h4,6-7,9,12-13,18H,5H2,1-3H3,(H3,15,16)(H,17,19)(H,20,21)/t6-,7-,9-,12-,13+/m1/s1. The molecule has 0 radical (unpaired) electrons. The van der Waals surface area contributed by atoms with E-state index in [2.05, 4.69) is 5.32 Å². The minimum atomic E-state index is -1.24. The molecule has 1 rings (SSSR count). The van der Waals surface area contributed by atoms with Crippen LogP contribution in [-0.2, 0) is 14.3 Å². The molecule has 124 valence electrons. The molecular formula is C14H23N3O5. The molecule has 0 aliphatic carbocycles. The number of aliphatic carboxylic acids is 1. The highest BCUT2D eigenvalue weighted by Crippen LogP contribution is 2.31. The Kier molecular flexibility index (Phi) is 5.92. The van der Waals surface area contributed by atoms with E-state index in [1.54, 1.807) is 13.8 Å². The second-order valence-corrected chi connectivity index (χ2v) is 5.64. The lowest BCUT2D eigenvalue weighted by molar-refractivity contribution is -0.141. The lowest BCUT2D eigenvalue weighted by atomic mass is 9.82. The van der Waals surface area contributed by atoms with Crippen LogP contribution in [0.1, 0.15) is 27.2 Å². The highest BCUT2D eigenvalue weighted by Gasteiger charge is 2.41. The average Bonchev–Trinajstić information content (AvgIpc) is 2.38. The van der Waals surface area contributed by atoms with Crippen LogP contribution in [0.5, 0.6) is 0 Å². The number of carboxylic acid groups (broad SMARTS) is 1. The Balaban J connectivity index is 3.21. The molecule has 1 amide bonds. The van der Waals surface area contributed by atoms with Crippen LogP contribution in [0.25, 0.3) is 0 Å². The summed E-state index contributed by atoms with van der Waals surface area (Å²) < 4.78 is 5.47. The van der Waals surface area contributed by atoms with E-state index in [0.29, 0.717) is 0 Å². The van der Waals surface area contributed by atoms with Crippen LogP contribution in [-0.4, -0.2) is 46.2 Å². The second-order valence-electron chi connectivity index (χ2n) is 5.64. The van der Waals surface area contributed by atoms with Gasteiger partial charge in [-0.1, -0.05) is 6.92 Å². The Labute approximate surface area is 128 Å². The number of amides is 1. The molecule has 5 atom stereocenters. The maximum atomic E-state index is 11.4. The van der Waals surface area contributed by atoms with Gasteiger partial charge < -0.3 is 26.0 Å². The fourth-order valence-corrected chi connectivity index (χ4v) is 2.50. The van der Waals surface area contributed by atoms with Crippen LogP contribution in [0.4, 0.5) is 0 Å². The minimum absolute atomic E-state index is 0.0914. The van der Waals surface area contributed by atoms with Gasteiger partial charge in [0.15, 0.2) is 0 Å². The Morgan fingerprint density at radius 1 is 1.50 bits per heavy atom. The van der Waals surface area contributed by atoms with Gasteiger partial charge in [0.05, 0.1) is 18.0 Å². The Morgan fingerprint density at radius 3 is 2.50 bits per heavy atom. The summed E-state index contributed by atoms with van der Waals surface area (Å²) in [5.41, 5.74) is 5.42. The van der Waals surface area contributed by atoms with Gasteiger partial charge >= 0.3 is 5.97 Å². The van der Waals surface area contributed by atoms with Crippen molar-refractivity contribution in [3.05, 3.63) is 11.8 Å². The topological polar surface area (TPSA) is 146 Å². The SMILES string of the molecule is CC(=O)N[C@H]1[C@H]([C@H](C)[C@@H](C)O)OC(C(=O)O)=C[C@@H]1CC(=N)N. The van der Waals surface area contributed by atoms with E-state index in [0.717, 1.165) is 0 Å². The van der Waals surface area contributed by atoms with Gasteiger partial charge in [-0.05, 0) is 13.0 Å². The molecule has 1 aliphatic rings. The lowest BCUT2D eigenvalue weighted by Gasteiger charge is -2.40. The van der Waals surface area contributed by atoms with E-state index in [4.69, 9.17) is 21.0 Å². The first-order chi connectivity index (χ1) is 10.1. The van der Waals surface area contributed by atoms with Crippen LogP contribution < -0.4 is 11.1 Å². The van der Waals surface area contributed by atoms with Crippen molar-refractivity contribution in [3.8, 4) is 0 Å². The van der Waals surface area contributed by atoms with Crippen molar-refractivity contribution in [3.63, 3.8) is 0 Å². The van der Waals surface area contributed by atoms with Crippen LogP contribution in [0.15, 0.2) is 11.8 Å². The molecule has 0 saturated heterocycles. The molecule has 8 heteroatoms. The third-order valence-corrected chi connectivity index (χ3v) is 3.76. The molecule has 1 heterocycles. The molecule has 0 unspecified atom stereocenters. The molecule has 8 nitrogen and oxygen atoms in total. The van der Waals surface area contributed by atoms with E-state index in [-0.39, 0.29) is 23.9 Å². The van der Waals surface area contributed by atoms with Gasteiger partial charge in [-0.2, -0.15) is 0 Å². The van der Waals surface area contributed by atoms with E-state index in [1.807, 2.05) is 0 Å². The van der Waals surface area contributed by atoms with Crippen molar-refractivity contribution in [1.29, 1.82) is 5.41 Å². The van der Waals surface area contributed by atoms with Crippen molar-refractivity contribution >= 4 is 17.7 Å². The number of hydrogen-bond donors (Lipinski definition) is 5. The van der Waals surface area contributed by atoms with Gasteiger partial charge in [0.1, 0.15) is 6.10 Å². The Bertz CT molecular complexity index is 489. The fourth-order valence-electron chi connectivity index (χ4n) is 2.50. The van der Waals surface area contributed by atoms with E-state index in [1.165, 1.54) is 13.0 Å². The van der Waals surface area contributed by atoms with Crippen LogP contribution in [0.3, 0.4) is 0 Å². The molecule has 22 heavy (non-hydrogen) atoms. The zero-order valence-corrected chi connectivity index (χ0v) is 12.9. The molecule has 0 fully saturated rings. The molecule has 0 aromatic heterocycles. The first-order valence-electron chi connectivity index (χ1n) is 7.03. The molecule has 1 aliphatic heterocycles. The number of aliphatic hydroxyl groups excluding tert-OH is 1. The number of aliphatic hydroxyl groups is 1. The number of rotatable bonds is 6. The molecule has 0 spiro atoms. The minimum Gasteiger partial charge on any atom is -0.481 e. The predicted octanol–water partition coefficient (Wildman–Crippen LogP) is -0.182. The number of carbonyl (C=O) groups is 2. The molecule has 0 bridgehead atoms. The summed E-state index contributed by atoms with van der Waals surface area (Å²) in [4.78, 5) is 22.7. The lowest BCUT2D eigenvalue weighted by Crippen LogP contribution is -2.55. The summed E-state index contributed by atoms with van der Waals surface area (Å²) in [6, 6.07) is -0.575. The Hall–Kier alpha value is -2.09. The number of nitrogens with two attached hydrogens (primary N) is 1. The molecule has 0 aromatic carbocycles. The number of ether oxygens (including phenoxy) is 1. The zero-order chi connectivity index (χ0) is 17.0. The first-order valence-corrected chi connectivity index (χ1v) is 7.03. The van der Waals surface area contributed by atoms with Crippen molar-refractivity contribution in [2.45, 2.75) is 45.4 Å². The number of carboxylic acids is 1. The van der Waals surface area contributed by atoms with Gasteiger partial charge in [-0.25, -0.2) is 4.79 Å². The van der Waals surface area contributed by atoms with Crippen molar-refractivity contribution in [2.75, 3.05) is 0 Å². The van der Waals surface area contributed by atoms with E-state index in [9.17, 15) is 14.7 Å². The number of nitrogens with one attached hydrogen (secondary N) is 2. The molecular weight excluding hydrogens is 290 g/mol. The highest BCUT2D eigenvalue weighted by molar-refractivity contribution is 5.85. The maximum Gasteiger partial charge on any atom is 0.370 e. The van der Waals surface area contributed by atoms with Gasteiger partial charge in [0, 0.05) is 25.2 Å². The van der Waals surface area contributed by atoms with Crippen LogP contribution in [0, 0.1) is 17.2 Å². The quantitative estimate of drug-likeness (QED) is 0.339. The third kappa shape index (κ3) is 4.45. The number of carbonyl (C=O) groups excluding carboxylic acids is 1. The fraction of sp³-hybridized carbons (Fsp3) is 0.643. The molecule has 0 saturated carbocycles. The van der Waals surface area contributed by atoms with Gasteiger partial charge in [-0.15, -0.1) is 0 Å². The van der Waals surface area contributed by atoms with Gasteiger partial charge in [0.25, 0.3) is 0 Å². The normalized spacial score (nSPS) is 27.1. The summed E-state index contributed by atoms with van der Waals surface area (Å²) in [6.45, 7) is 4.61. The summed E-state index contributed by atoms with van der Waals surface area (Å²) >= 11 is 0. The summed E-state index contributed by atoms with van der Waals surface area (Å²) in [5, 5.41) is 29.1. The van der Waals surface area contributed by atoms with Gasteiger partial charge in [-0.3, -0.25) is 10.2 Å². The zero-order valence-electron chi connectivity index (χ0n) is 12.9. The smallest absolute Gasteiger partial charge is 0.370 e. The van der Waals surface area contributed by atoms with E-state index < -0.39 is 36.1 Å². The summed E-state index contributed by atoms with van der Waals surface area (Å²) in [5.74, 6) is -2.84.